The predicted octanol–water partition coefficient (Wildman–Crippen LogP) is 3.46. The van der Waals surface area contributed by atoms with Gasteiger partial charge in [0.1, 0.15) is 0 Å². The summed E-state index contributed by atoms with van der Waals surface area (Å²) in [7, 11) is 0. The van der Waals surface area contributed by atoms with Gasteiger partial charge in [-0.05, 0) is 57.0 Å². The van der Waals surface area contributed by atoms with E-state index in [0.717, 1.165) is 23.5 Å². The third kappa shape index (κ3) is 6.74. The molecule has 1 atom stereocenters. The molecular weight excluding hydrogens is 333 g/mol. The van der Waals surface area contributed by atoms with Crippen LogP contribution >= 0.6 is 0 Å². The summed E-state index contributed by atoms with van der Waals surface area (Å²) in [5.74, 6) is 1.71. The Kier molecular flexibility index (Phi) is 7.38. The van der Waals surface area contributed by atoms with Gasteiger partial charge in [-0.2, -0.15) is 13.2 Å². The first-order valence-electron chi connectivity index (χ1n) is 8.79. The largest absolute Gasteiger partial charge is 0.490 e. The lowest BCUT2D eigenvalue weighted by Gasteiger charge is -2.18. The molecule has 0 aliphatic carbocycles. The van der Waals surface area contributed by atoms with Gasteiger partial charge in [0.15, 0.2) is 11.5 Å². The maximum Gasteiger partial charge on any atom is 0.401 e. The topological polar surface area (TPSA) is 33.7 Å². The van der Waals surface area contributed by atoms with Crippen LogP contribution in [0.4, 0.5) is 13.2 Å². The average Bonchev–Trinajstić information content (AvgIpc) is 2.95. The van der Waals surface area contributed by atoms with Crippen LogP contribution in [0.5, 0.6) is 11.5 Å². The van der Waals surface area contributed by atoms with Gasteiger partial charge in [0, 0.05) is 13.1 Å². The zero-order valence-corrected chi connectivity index (χ0v) is 14.9. The van der Waals surface area contributed by atoms with Crippen LogP contribution in [-0.4, -0.2) is 50.5 Å². The molecule has 25 heavy (non-hydrogen) atoms. The van der Waals surface area contributed by atoms with Crippen molar-refractivity contribution in [3.63, 3.8) is 0 Å². The molecule has 1 saturated heterocycles. The zero-order chi connectivity index (χ0) is 18.3. The number of ether oxygens (including phenoxy) is 2. The first-order chi connectivity index (χ1) is 11.9. The predicted molar refractivity (Wildman–Crippen MR) is 91.1 cm³/mol. The van der Waals surface area contributed by atoms with E-state index < -0.39 is 12.7 Å². The summed E-state index contributed by atoms with van der Waals surface area (Å²) in [6.45, 7) is 6.57. The molecule has 142 valence electrons. The van der Waals surface area contributed by atoms with Gasteiger partial charge in [0.25, 0.3) is 0 Å². The van der Waals surface area contributed by atoms with E-state index >= 15 is 0 Å². The van der Waals surface area contributed by atoms with Crippen molar-refractivity contribution in [1.29, 1.82) is 0 Å². The Labute approximate surface area is 147 Å². The van der Waals surface area contributed by atoms with E-state index in [1.54, 1.807) is 0 Å². The van der Waals surface area contributed by atoms with Crippen LogP contribution in [0, 0.1) is 5.92 Å². The third-order valence-corrected chi connectivity index (χ3v) is 4.14. The monoisotopic (exact) mass is 360 g/mol. The molecule has 1 fully saturated rings. The highest BCUT2D eigenvalue weighted by Crippen LogP contribution is 2.28. The normalized spacial score (nSPS) is 18.5. The summed E-state index contributed by atoms with van der Waals surface area (Å²) < 4.78 is 48.4. The van der Waals surface area contributed by atoms with Gasteiger partial charge in [0.2, 0.25) is 0 Å². The highest BCUT2D eigenvalue weighted by atomic mass is 19.4. The maximum absolute atomic E-state index is 12.4. The number of nitrogens with one attached hydrogen (secondary N) is 1. The van der Waals surface area contributed by atoms with Gasteiger partial charge in [-0.3, -0.25) is 4.90 Å². The molecular formula is C18H27F3N2O2. The fourth-order valence-corrected chi connectivity index (χ4v) is 3.10. The van der Waals surface area contributed by atoms with Gasteiger partial charge in [0.05, 0.1) is 19.8 Å². The number of hydrogen-bond donors (Lipinski definition) is 1. The van der Waals surface area contributed by atoms with Gasteiger partial charge in [-0.15, -0.1) is 0 Å². The van der Waals surface area contributed by atoms with Crippen molar-refractivity contribution < 1.29 is 22.6 Å². The number of alkyl halides is 3. The minimum Gasteiger partial charge on any atom is -0.490 e. The molecule has 1 N–H and O–H groups in total. The molecule has 0 radical (unpaired) electrons. The van der Waals surface area contributed by atoms with E-state index in [1.807, 2.05) is 32.0 Å². The number of hydrogen-bond acceptors (Lipinski definition) is 4. The Morgan fingerprint density at radius 2 is 1.88 bits per heavy atom. The lowest BCUT2D eigenvalue weighted by molar-refractivity contribution is -0.143. The van der Waals surface area contributed by atoms with Crippen molar-refractivity contribution in [2.24, 2.45) is 5.92 Å². The minimum absolute atomic E-state index is 0.261. The van der Waals surface area contributed by atoms with Gasteiger partial charge >= 0.3 is 6.18 Å². The Hall–Kier alpha value is -1.47. The third-order valence-electron chi connectivity index (χ3n) is 4.14. The van der Waals surface area contributed by atoms with Crippen LogP contribution < -0.4 is 14.8 Å². The summed E-state index contributed by atoms with van der Waals surface area (Å²) in [4.78, 5) is 1.48. The second kappa shape index (κ2) is 9.29. The summed E-state index contributed by atoms with van der Waals surface area (Å²) >= 11 is 0. The molecule has 0 spiro atoms. The number of benzene rings is 1. The molecule has 7 heteroatoms. The van der Waals surface area contributed by atoms with Crippen LogP contribution in [0.3, 0.4) is 0 Å². The molecule has 1 aliphatic rings. The fourth-order valence-electron chi connectivity index (χ4n) is 3.10. The zero-order valence-electron chi connectivity index (χ0n) is 14.9. The van der Waals surface area contributed by atoms with E-state index in [2.05, 4.69) is 5.32 Å². The van der Waals surface area contributed by atoms with Crippen molar-refractivity contribution in [2.45, 2.75) is 33.0 Å². The van der Waals surface area contributed by atoms with Crippen molar-refractivity contribution in [3.05, 3.63) is 23.8 Å². The summed E-state index contributed by atoms with van der Waals surface area (Å²) in [6.07, 6.45) is -3.31. The highest BCUT2D eigenvalue weighted by Gasteiger charge is 2.34. The van der Waals surface area contributed by atoms with Crippen molar-refractivity contribution >= 4 is 0 Å². The van der Waals surface area contributed by atoms with Crippen molar-refractivity contribution in [3.8, 4) is 11.5 Å². The molecule has 1 aromatic carbocycles. The lowest BCUT2D eigenvalue weighted by atomic mass is 10.1. The average molecular weight is 360 g/mol. The summed E-state index contributed by atoms with van der Waals surface area (Å²) in [6, 6.07) is 5.82. The van der Waals surface area contributed by atoms with Gasteiger partial charge < -0.3 is 14.8 Å². The van der Waals surface area contributed by atoms with Crippen molar-refractivity contribution in [1.82, 2.24) is 10.2 Å². The molecule has 0 amide bonds. The van der Waals surface area contributed by atoms with E-state index in [9.17, 15) is 13.2 Å². The van der Waals surface area contributed by atoms with Crippen LogP contribution in [0.15, 0.2) is 18.2 Å². The molecule has 0 aromatic heterocycles. The van der Waals surface area contributed by atoms with Crippen LogP contribution in [0.1, 0.15) is 25.8 Å². The second-order valence-corrected chi connectivity index (χ2v) is 6.28. The van der Waals surface area contributed by atoms with Crippen LogP contribution in [0.2, 0.25) is 0 Å². The second-order valence-electron chi connectivity index (χ2n) is 6.28. The Morgan fingerprint density at radius 3 is 2.56 bits per heavy atom. The summed E-state index contributed by atoms with van der Waals surface area (Å²) in [5.41, 5.74) is 1.07. The number of nitrogens with zero attached hydrogens (tertiary/aromatic N) is 1. The lowest BCUT2D eigenvalue weighted by Crippen LogP contribution is -2.33. The van der Waals surface area contributed by atoms with E-state index in [0.29, 0.717) is 39.4 Å². The first-order valence-corrected chi connectivity index (χ1v) is 8.79. The molecule has 1 aliphatic heterocycles. The SMILES string of the molecule is CCOc1ccc(CNCC2CCN(CC(F)(F)F)C2)cc1OCC. The van der Waals surface area contributed by atoms with E-state index in [-0.39, 0.29) is 5.92 Å². The molecule has 1 unspecified atom stereocenters. The Morgan fingerprint density at radius 1 is 1.16 bits per heavy atom. The number of likely N-dealkylation sites (tertiary alicyclic amines) is 1. The molecule has 1 heterocycles. The quantitative estimate of drug-likeness (QED) is 0.731. The van der Waals surface area contributed by atoms with Crippen LogP contribution in [-0.2, 0) is 6.54 Å². The minimum atomic E-state index is -4.11. The molecule has 1 aromatic rings. The standard InChI is InChI=1S/C18H27F3N2O2/c1-3-24-16-6-5-14(9-17(16)25-4-2)10-22-11-15-7-8-23(12-15)13-18(19,20)21/h5-6,9,15,22H,3-4,7-8,10-13H2,1-2H3. The maximum atomic E-state index is 12.4. The smallest absolute Gasteiger partial charge is 0.401 e. The molecule has 4 nitrogen and oxygen atoms in total. The van der Waals surface area contributed by atoms with E-state index in [1.165, 1.54) is 4.90 Å². The number of halogens is 3. The Balaban J connectivity index is 1.79. The molecule has 0 bridgehead atoms. The molecule has 2 rings (SSSR count). The van der Waals surface area contributed by atoms with Gasteiger partial charge in [-0.1, -0.05) is 6.07 Å². The van der Waals surface area contributed by atoms with Crippen LogP contribution in [0.25, 0.3) is 0 Å². The first kappa shape index (κ1) is 19.8. The van der Waals surface area contributed by atoms with Crippen molar-refractivity contribution in [2.75, 3.05) is 39.4 Å². The summed E-state index contributed by atoms with van der Waals surface area (Å²) in [5, 5.41) is 3.34. The van der Waals surface area contributed by atoms with Gasteiger partial charge in [-0.25, -0.2) is 0 Å². The Bertz CT molecular complexity index is 538. The van der Waals surface area contributed by atoms with E-state index in [4.69, 9.17) is 9.47 Å². The molecule has 0 saturated carbocycles. The highest BCUT2D eigenvalue weighted by molar-refractivity contribution is 5.43. The number of rotatable bonds is 9. The fraction of sp³-hybridized carbons (Fsp3) is 0.667.